The van der Waals surface area contributed by atoms with E-state index in [4.69, 9.17) is 9.15 Å². The van der Waals surface area contributed by atoms with Crippen molar-refractivity contribution >= 4 is 16.0 Å². The Hall–Kier alpha value is -2.19. The van der Waals surface area contributed by atoms with Gasteiger partial charge in [0.25, 0.3) is 0 Å². The van der Waals surface area contributed by atoms with Gasteiger partial charge in [0.15, 0.2) is 0 Å². The third-order valence-electron chi connectivity index (χ3n) is 4.19. The maximum atomic E-state index is 12.2. The number of hydrogen-bond acceptors (Lipinski definition) is 6. The SMILES string of the molecule is CS(=O)(=O)N1CCC(C(=O)OCc2coc(-c3ccccc3)n2)CC1. The van der Waals surface area contributed by atoms with Crippen molar-refractivity contribution in [3.05, 3.63) is 42.3 Å². The molecule has 1 fully saturated rings. The molecule has 1 aliphatic heterocycles. The molecule has 25 heavy (non-hydrogen) atoms. The summed E-state index contributed by atoms with van der Waals surface area (Å²) in [6.45, 7) is 0.739. The van der Waals surface area contributed by atoms with Gasteiger partial charge in [0.2, 0.25) is 15.9 Å². The summed E-state index contributed by atoms with van der Waals surface area (Å²) in [4.78, 5) is 16.5. The van der Waals surface area contributed by atoms with Crippen molar-refractivity contribution in [2.45, 2.75) is 19.4 Å². The van der Waals surface area contributed by atoms with Crippen LogP contribution in [0.4, 0.5) is 0 Å². The Morgan fingerprint density at radius 2 is 1.96 bits per heavy atom. The van der Waals surface area contributed by atoms with E-state index in [2.05, 4.69) is 4.98 Å². The minimum absolute atomic E-state index is 0.0431. The summed E-state index contributed by atoms with van der Waals surface area (Å²) in [6.07, 6.45) is 3.60. The standard InChI is InChI=1S/C17H20N2O5S/c1-25(21,22)19-9-7-14(8-10-19)17(20)24-12-15-11-23-16(18-15)13-5-3-2-4-6-13/h2-6,11,14H,7-10,12H2,1H3. The van der Waals surface area contributed by atoms with E-state index in [1.807, 2.05) is 30.3 Å². The van der Waals surface area contributed by atoms with Gasteiger partial charge in [-0.05, 0) is 25.0 Å². The number of sulfonamides is 1. The van der Waals surface area contributed by atoms with Gasteiger partial charge < -0.3 is 9.15 Å². The molecule has 0 amide bonds. The molecule has 134 valence electrons. The second-order valence-electron chi connectivity index (χ2n) is 6.05. The van der Waals surface area contributed by atoms with Gasteiger partial charge in [0.05, 0.1) is 12.2 Å². The number of benzene rings is 1. The molecule has 0 spiro atoms. The Bertz CT molecular complexity index is 824. The number of hydrogen-bond donors (Lipinski definition) is 0. The molecule has 0 saturated carbocycles. The molecule has 1 aromatic carbocycles. The molecule has 0 atom stereocenters. The van der Waals surface area contributed by atoms with Crippen molar-refractivity contribution in [1.29, 1.82) is 0 Å². The number of ether oxygens (including phenoxy) is 1. The first-order valence-corrected chi connectivity index (χ1v) is 9.90. The monoisotopic (exact) mass is 364 g/mol. The van der Waals surface area contributed by atoms with Gasteiger partial charge in [-0.2, -0.15) is 0 Å². The summed E-state index contributed by atoms with van der Waals surface area (Å²) < 4.78 is 35.1. The van der Waals surface area contributed by atoms with E-state index in [0.717, 1.165) is 5.56 Å². The lowest BCUT2D eigenvalue weighted by Crippen LogP contribution is -2.40. The van der Waals surface area contributed by atoms with Crippen LogP contribution in [0.3, 0.4) is 0 Å². The van der Waals surface area contributed by atoms with E-state index >= 15 is 0 Å². The molecular weight excluding hydrogens is 344 g/mol. The molecule has 1 aliphatic rings. The number of esters is 1. The average Bonchev–Trinajstić information content (AvgIpc) is 3.09. The summed E-state index contributed by atoms with van der Waals surface area (Å²) in [5, 5.41) is 0. The largest absolute Gasteiger partial charge is 0.459 e. The summed E-state index contributed by atoms with van der Waals surface area (Å²) >= 11 is 0. The van der Waals surface area contributed by atoms with E-state index in [0.29, 0.717) is 37.5 Å². The zero-order valence-electron chi connectivity index (χ0n) is 13.9. The Morgan fingerprint density at radius 1 is 1.28 bits per heavy atom. The summed E-state index contributed by atoms with van der Waals surface area (Å²) in [5.74, 6) is -0.121. The minimum atomic E-state index is -3.20. The lowest BCUT2D eigenvalue weighted by Gasteiger charge is -2.28. The van der Waals surface area contributed by atoms with Crippen LogP contribution in [-0.2, 0) is 26.2 Å². The van der Waals surface area contributed by atoms with Crippen LogP contribution in [0, 0.1) is 5.92 Å². The number of aromatic nitrogens is 1. The van der Waals surface area contributed by atoms with Gasteiger partial charge in [-0.3, -0.25) is 4.79 Å². The summed E-state index contributed by atoms with van der Waals surface area (Å²) in [7, 11) is -3.20. The van der Waals surface area contributed by atoms with E-state index in [1.54, 1.807) is 0 Å². The van der Waals surface area contributed by atoms with Gasteiger partial charge in [0, 0.05) is 18.7 Å². The molecule has 7 nitrogen and oxygen atoms in total. The molecule has 0 radical (unpaired) electrons. The van der Waals surface area contributed by atoms with Crippen LogP contribution >= 0.6 is 0 Å². The summed E-state index contributed by atoms with van der Waals surface area (Å²) in [5.41, 5.74) is 1.40. The predicted octanol–water partition coefficient (Wildman–Crippen LogP) is 2.06. The molecule has 8 heteroatoms. The quantitative estimate of drug-likeness (QED) is 0.755. The first-order chi connectivity index (χ1) is 11.9. The number of piperidine rings is 1. The van der Waals surface area contributed by atoms with Gasteiger partial charge in [-0.25, -0.2) is 17.7 Å². The van der Waals surface area contributed by atoms with Gasteiger partial charge in [-0.15, -0.1) is 0 Å². The Kier molecular flexibility index (Phi) is 5.19. The molecule has 0 bridgehead atoms. The smallest absolute Gasteiger partial charge is 0.309 e. The Balaban J connectivity index is 1.51. The second-order valence-corrected chi connectivity index (χ2v) is 8.04. The van der Waals surface area contributed by atoms with E-state index in [9.17, 15) is 13.2 Å². The number of carbonyl (C=O) groups excluding carboxylic acids is 1. The molecule has 0 aliphatic carbocycles. The van der Waals surface area contributed by atoms with Crippen LogP contribution in [0.25, 0.3) is 11.5 Å². The molecule has 2 heterocycles. The van der Waals surface area contributed by atoms with E-state index < -0.39 is 10.0 Å². The Morgan fingerprint density at radius 3 is 2.60 bits per heavy atom. The fourth-order valence-electron chi connectivity index (χ4n) is 2.77. The molecular formula is C17H20N2O5S. The summed E-state index contributed by atoms with van der Waals surface area (Å²) in [6, 6.07) is 9.46. The fourth-order valence-corrected chi connectivity index (χ4v) is 3.65. The average molecular weight is 364 g/mol. The maximum Gasteiger partial charge on any atom is 0.309 e. The van der Waals surface area contributed by atoms with Gasteiger partial charge in [-0.1, -0.05) is 18.2 Å². The first kappa shape index (κ1) is 17.6. The third kappa shape index (κ3) is 4.46. The van der Waals surface area contributed by atoms with Crippen LogP contribution in [0.1, 0.15) is 18.5 Å². The minimum Gasteiger partial charge on any atom is -0.459 e. The van der Waals surface area contributed by atoms with E-state index in [1.165, 1.54) is 16.8 Å². The van der Waals surface area contributed by atoms with Crippen molar-refractivity contribution in [2.24, 2.45) is 5.92 Å². The Labute approximate surface area is 146 Å². The number of rotatable bonds is 5. The van der Waals surface area contributed by atoms with Crippen LogP contribution < -0.4 is 0 Å². The highest BCUT2D eigenvalue weighted by atomic mass is 32.2. The highest BCUT2D eigenvalue weighted by Crippen LogP contribution is 2.22. The van der Waals surface area contributed by atoms with Crippen LogP contribution in [0.2, 0.25) is 0 Å². The van der Waals surface area contributed by atoms with E-state index in [-0.39, 0.29) is 18.5 Å². The first-order valence-electron chi connectivity index (χ1n) is 8.05. The second kappa shape index (κ2) is 7.37. The van der Waals surface area contributed by atoms with Gasteiger partial charge in [0.1, 0.15) is 18.6 Å². The third-order valence-corrected chi connectivity index (χ3v) is 5.49. The zero-order valence-corrected chi connectivity index (χ0v) is 14.7. The molecule has 3 rings (SSSR count). The highest BCUT2D eigenvalue weighted by molar-refractivity contribution is 7.88. The molecule has 1 saturated heterocycles. The fraction of sp³-hybridized carbons (Fsp3) is 0.412. The highest BCUT2D eigenvalue weighted by Gasteiger charge is 2.29. The normalized spacial score (nSPS) is 16.7. The van der Waals surface area contributed by atoms with Crippen molar-refractivity contribution < 1.29 is 22.4 Å². The lowest BCUT2D eigenvalue weighted by atomic mass is 9.98. The van der Waals surface area contributed by atoms with Crippen LogP contribution in [0.15, 0.2) is 41.0 Å². The van der Waals surface area contributed by atoms with Crippen LogP contribution in [-0.4, -0.2) is 43.0 Å². The molecule has 0 N–H and O–H groups in total. The maximum absolute atomic E-state index is 12.2. The predicted molar refractivity (Wildman–Crippen MR) is 90.9 cm³/mol. The number of oxazole rings is 1. The topological polar surface area (TPSA) is 89.7 Å². The number of carbonyl (C=O) groups is 1. The lowest BCUT2D eigenvalue weighted by molar-refractivity contribution is -0.151. The van der Waals surface area contributed by atoms with Crippen molar-refractivity contribution in [1.82, 2.24) is 9.29 Å². The number of nitrogens with zero attached hydrogens (tertiary/aromatic N) is 2. The van der Waals surface area contributed by atoms with Crippen molar-refractivity contribution in [2.75, 3.05) is 19.3 Å². The van der Waals surface area contributed by atoms with Crippen molar-refractivity contribution in [3.8, 4) is 11.5 Å². The zero-order chi connectivity index (χ0) is 17.9. The molecule has 0 unspecified atom stereocenters. The van der Waals surface area contributed by atoms with Crippen molar-refractivity contribution in [3.63, 3.8) is 0 Å². The van der Waals surface area contributed by atoms with Crippen LogP contribution in [0.5, 0.6) is 0 Å². The molecule has 1 aromatic heterocycles. The molecule has 2 aromatic rings. The van der Waals surface area contributed by atoms with Gasteiger partial charge >= 0.3 is 5.97 Å².